The Bertz CT molecular complexity index is 382. The Kier molecular flexibility index (Phi) is 10.3. The van der Waals surface area contributed by atoms with Crippen molar-refractivity contribution in [1.29, 1.82) is 0 Å². The zero-order chi connectivity index (χ0) is 18.1. The topological polar surface area (TPSA) is 71.1 Å². The third-order valence-electron chi connectivity index (χ3n) is 4.29. The van der Waals surface area contributed by atoms with E-state index >= 15 is 0 Å². The molecule has 8 heteroatoms. The van der Waals surface area contributed by atoms with Gasteiger partial charge in [-0.05, 0) is 52.4 Å². The van der Waals surface area contributed by atoms with E-state index in [0.717, 1.165) is 25.7 Å². The summed E-state index contributed by atoms with van der Waals surface area (Å²) in [5.41, 5.74) is 0. The van der Waals surface area contributed by atoms with Gasteiger partial charge in [0.05, 0.1) is 38.8 Å². The monoisotopic (exact) mass is 384 g/mol. The molecule has 2 unspecified atom stereocenters. The molecule has 1 fully saturated rings. The van der Waals surface area contributed by atoms with Gasteiger partial charge in [0.2, 0.25) is 0 Å². The van der Waals surface area contributed by atoms with E-state index < -0.39 is 15.2 Å². The molecule has 1 rings (SSSR count). The number of rotatable bonds is 12. The first-order valence-corrected chi connectivity index (χ1v) is 12.6. The Morgan fingerprint density at radius 3 is 1.21 bits per heavy atom. The van der Waals surface area contributed by atoms with Gasteiger partial charge >= 0.3 is 15.2 Å². The van der Waals surface area contributed by atoms with Crippen molar-refractivity contribution < 1.29 is 27.2 Å². The van der Waals surface area contributed by atoms with Crippen molar-refractivity contribution in [2.45, 2.75) is 53.4 Å². The second-order valence-corrected chi connectivity index (χ2v) is 10.3. The molecule has 1 saturated carbocycles. The highest BCUT2D eigenvalue weighted by molar-refractivity contribution is 7.54. The Hall–Kier alpha value is 0.300. The van der Waals surface area contributed by atoms with Crippen LogP contribution < -0.4 is 0 Å². The van der Waals surface area contributed by atoms with Gasteiger partial charge in [0.15, 0.2) is 0 Å². The van der Waals surface area contributed by atoms with Crippen LogP contribution in [0, 0.1) is 11.8 Å². The summed E-state index contributed by atoms with van der Waals surface area (Å²) in [6, 6.07) is 0. The lowest BCUT2D eigenvalue weighted by molar-refractivity contribution is 0.187. The number of hydrogen-bond acceptors (Lipinski definition) is 6. The van der Waals surface area contributed by atoms with Crippen LogP contribution >= 0.6 is 15.2 Å². The second-order valence-electron chi connectivity index (χ2n) is 6.06. The van der Waals surface area contributed by atoms with Gasteiger partial charge in [-0.2, -0.15) is 0 Å². The molecule has 0 aromatic rings. The minimum absolute atomic E-state index is 0.164. The third-order valence-corrected chi connectivity index (χ3v) is 8.72. The lowest BCUT2D eigenvalue weighted by atomic mass is 9.81. The molecule has 0 radical (unpaired) electrons. The van der Waals surface area contributed by atoms with Crippen molar-refractivity contribution in [3.8, 4) is 0 Å². The maximum Gasteiger partial charge on any atom is 0.330 e. The average molecular weight is 384 g/mol. The van der Waals surface area contributed by atoms with Gasteiger partial charge < -0.3 is 18.1 Å². The first-order chi connectivity index (χ1) is 11.4. The zero-order valence-corrected chi connectivity index (χ0v) is 17.4. The zero-order valence-electron chi connectivity index (χ0n) is 15.6. The van der Waals surface area contributed by atoms with Crippen LogP contribution in [-0.2, 0) is 27.2 Å². The van der Waals surface area contributed by atoms with Gasteiger partial charge in [0.25, 0.3) is 0 Å². The fourth-order valence-corrected chi connectivity index (χ4v) is 7.67. The van der Waals surface area contributed by atoms with Crippen LogP contribution in [0.5, 0.6) is 0 Å². The summed E-state index contributed by atoms with van der Waals surface area (Å²) in [4.78, 5) is 0. The van der Waals surface area contributed by atoms with Crippen LogP contribution in [0.15, 0.2) is 0 Å². The summed E-state index contributed by atoms with van der Waals surface area (Å²) in [6.45, 7) is 8.75. The van der Waals surface area contributed by atoms with Gasteiger partial charge in [-0.25, -0.2) is 0 Å². The molecule has 0 aromatic heterocycles. The predicted octanol–water partition coefficient (Wildman–Crippen LogP) is 5.33. The van der Waals surface area contributed by atoms with Gasteiger partial charge in [-0.3, -0.25) is 9.13 Å². The summed E-state index contributed by atoms with van der Waals surface area (Å²) in [7, 11) is -6.19. The highest BCUT2D eigenvalue weighted by Gasteiger charge is 2.38. The van der Waals surface area contributed by atoms with Crippen LogP contribution in [0.4, 0.5) is 0 Å². The molecular weight excluding hydrogens is 350 g/mol. The SMILES string of the molecule is CCOP(=O)(CC1CCCCC1CP(=O)(OCC)OCC)OCC. The van der Waals surface area contributed by atoms with Gasteiger partial charge in [-0.15, -0.1) is 0 Å². The maximum atomic E-state index is 12.9. The smallest absolute Gasteiger partial charge is 0.309 e. The molecule has 6 nitrogen and oxygen atoms in total. The Morgan fingerprint density at radius 2 is 0.958 bits per heavy atom. The van der Waals surface area contributed by atoms with E-state index in [0.29, 0.717) is 38.8 Å². The molecule has 0 bridgehead atoms. The molecule has 0 heterocycles. The Labute approximate surface area is 147 Å². The number of hydrogen-bond donors (Lipinski definition) is 0. The summed E-state index contributed by atoms with van der Waals surface area (Å²) in [5.74, 6) is 0.328. The predicted molar refractivity (Wildman–Crippen MR) is 96.9 cm³/mol. The van der Waals surface area contributed by atoms with Crippen LogP contribution in [-0.4, -0.2) is 38.8 Å². The molecule has 144 valence electrons. The average Bonchev–Trinajstić information content (AvgIpc) is 2.50. The summed E-state index contributed by atoms with van der Waals surface area (Å²) < 4.78 is 47.5. The van der Waals surface area contributed by atoms with Gasteiger partial charge in [0.1, 0.15) is 0 Å². The van der Waals surface area contributed by atoms with Crippen molar-refractivity contribution in [3.63, 3.8) is 0 Å². The van der Waals surface area contributed by atoms with E-state index in [9.17, 15) is 9.13 Å². The molecule has 2 atom stereocenters. The first kappa shape index (κ1) is 22.3. The van der Waals surface area contributed by atoms with E-state index in [1.807, 2.05) is 27.7 Å². The lowest BCUT2D eigenvalue weighted by Gasteiger charge is -2.34. The van der Waals surface area contributed by atoms with E-state index in [-0.39, 0.29) is 11.8 Å². The molecule has 1 aliphatic rings. The molecular formula is C16H34O6P2. The van der Waals surface area contributed by atoms with Crippen molar-refractivity contribution in [1.82, 2.24) is 0 Å². The highest BCUT2D eigenvalue weighted by Crippen LogP contribution is 2.56. The normalized spacial score (nSPS) is 22.7. The van der Waals surface area contributed by atoms with E-state index in [2.05, 4.69) is 0 Å². The van der Waals surface area contributed by atoms with Crippen LogP contribution in [0.3, 0.4) is 0 Å². The van der Waals surface area contributed by atoms with Crippen molar-refractivity contribution in [3.05, 3.63) is 0 Å². The molecule has 0 N–H and O–H groups in total. The van der Waals surface area contributed by atoms with Gasteiger partial charge in [0, 0.05) is 0 Å². The van der Waals surface area contributed by atoms with Crippen molar-refractivity contribution in [2.24, 2.45) is 11.8 Å². The minimum atomic E-state index is -3.09. The molecule has 1 aliphatic carbocycles. The fourth-order valence-electron chi connectivity index (χ4n) is 3.41. The van der Waals surface area contributed by atoms with Gasteiger partial charge in [-0.1, -0.05) is 12.8 Å². The molecule has 24 heavy (non-hydrogen) atoms. The molecule has 0 aliphatic heterocycles. The van der Waals surface area contributed by atoms with Crippen LogP contribution in [0.2, 0.25) is 0 Å². The highest BCUT2D eigenvalue weighted by atomic mass is 31.2. The fraction of sp³-hybridized carbons (Fsp3) is 1.00. The van der Waals surface area contributed by atoms with E-state index in [4.69, 9.17) is 18.1 Å². The second kappa shape index (κ2) is 11.1. The first-order valence-electron chi connectivity index (χ1n) is 9.18. The van der Waals surface area contributed by atoms with E-state index in [1.54, 1.807) is 0 Å². The minimum Gasteiger partial charge on any atom is -0.309 e. The van der Waals surface area contributed by atoms with E-state index in [1.165, 1.54) is 0 Å². The Balaban J connectivity index is 2.83. The van der Waals surface area contributed by atoms with Crippen LogP contribution in [0.25, 0.3) is 0 Å². The van der Waals surface area contributed by atoms with Crippen LogP contribution in [0.1, 0.15) is 53.4 Å². The summed E-state index contributed by atoms with van der Waals surface area (Å²) >= 11 is 0. The Morgan fingerprint density at radius 1 is 0.667 bits per heavy atom. The standard InChI is InChI=1S/C16H34O6P2/c1-5-19-23(17,20-6-2)13-15-11-9-10-12-16(15)14-24(18,21-7-3)22-8-4/h15-16H,5-14H2,1-4H3. The lowest BCUT2D eigenvalue weighted by Crippen LogP contribution is -2.27. The molecule has 0 spiro atoms. The largest absolute Gasteiger partial charge is 0.330 e. The summed E-state index contributed by atoms with van der Waals surface area (Å²) in [6.07, 6.45) is 4.86. The molecule has 0 saturated heterocycles. The van der Waals surface area contributed by atoms with Crippen molar-refractivity contribution >= 4 is 15.2 Å². The third kappa shape index (κ3) is 7.27. The quantitative estimate of drug-likeness (QED) is 0.424. The molecule has 0 amide bonds. The maximum absolute atomic E-state index is 12.9. The summed E-state index contributed by atoms with van der Waals surface area (Å²) in [5, 5.41) is 0. The molecule has 0 aromatic carbocycles. The van der Waals surface area contributed by atoms with Crippen molar-refractivity contribution in [2.75, 3.05) is 38.8 Å².